The molecule has 14 heavy (non-hydrogen) atoms. The molecular weight excluding hydrogens is 174 g/mol. The molecule has 0 saturated heterocycles. The molecular formula is C12H21NO. The molecule has 0 spiro atoms. The van der Waals surface area contributed by atoms with E-state index in [1.807, 2.05) is 46.8 Å². The van der Waals surface area contributed by atoms with Gasteiger partial charge in [-0.15, -0.1) is 0 Å². The highest BCUT2D eigenvalue weighted by atomic mass is 16.3. The Morgan fingerprint density at radius 3 is 2.29 bits per heavy atom. The summed E-state index contributed by atoms with van der Waals surface area (Å²) in [5.74, 6) is 0.720. The van der Waals surface area contributed by atoms with Crippen molar-refractivity contribution < 1.29 is 4.42 Å². The van der Waals surface area contributed by atoms with Gasteiger partial charge in [0.25, 0.3) is 0 Å². The second kappa shape index (κ2) is 11.7. The van der Waals surface area contributed by atoms with Crippen LogP contribution in [0.5, 0.6) is 0 Å². The van der Waals surface area contributed by atoms with Crippen LogP contribution in [0, 0.1) is 0 Å². The molecule has 0 aliphatic rings. The summed E-state index contributed by atoms with van der Waals surface area (Å²) < 4.78 is 4.99. The Hall–Kier alpha value is -1.31. The van der Waals surface area contributed by atoms with Crippen LogP contribution >= 0.6 is 0 Å². The maximum atomic E-state index is 4.99. The van der Waals surface area contributed by atoms with E-state index in [2.05, 4.69) is 11.6 Å². The van der Waals surface area contributed by atoms with Gasteiger partial charge < -0.3 is 4.42 Å². The zero-order chi connectivity index (χ0) is 11.4. The molecule has 2 heteroatoms. The van der Waals surface area contributed by atoms with Gasteiger partial charge in [-0.25, -0.2) is 4.98 Å². The Labute approximate surface area is 87.4 Å². The maximum Gasteiger partial charge on any atom is 0.181 e. The Kier molecular flexibility index (Phi) is 12.7. The summed E-state index contributed by atoms with van der Waals surface area (Å²) in [4.78, 5) is 3.95. The fraction of sp³-hybridized carbons (Fsp3) is 0.417. The van der Waals surface area contributed by atoms with Gasteiger partial charge in [-0.2, -0.15) is 0 Å². The lowest BCUT2D eigenvalue weighted by Gasteiger charge is -1.83. The molecule has 1 heterocycles. The Morgan fingerprint density at radius 1 is 1.29 bits per heavy atom. The van der Waals surface area contributed by atoms with E-state index in [1.165, 1.54) is 6.39 Å². The minimum Gasteiger partial charge on any atom is -0.444 e. The van der Waals surface area contributed by atoms with Crippen LogP contribution in [-0.4, -0.2) is 4.98 Å². The summed E-state index contributed by atoms with van der Waals surface area (Å²) in [5, 5.41) is 0. The van der Waals surface area contributed by atoms with Crippen molar-refractivity contribution in [3.8, 4) is 0 Å². The normalized spacial score (nSPS) is 8.36. The lowest BCUT2D eigenvalue weighted by molar-refractivity contribution is 0.548. The maximum absolute atomic E-state index is 4.99. The zero-order valence-electron chi connectivity index (χ0n) is 9.87. The lowest BCUT2D eigenvalue weighted by Crippen LogP contribution is -1.72. The van der Waals surface area contributed by atoms with Crippen molar-refractivity contribution in [1.82, 2.24) is 4.98 Å². The van der Waals surface area contributed by atoms with Gasteiger partial charge in [0, 0.05) is 0 Å². The summed E-state index contributed by atoms with van der Waals surface area (Å²) in [6.45, 7) is 13.5. The molecule has 0 aliphatic carbocycles. The summed E-state index contributed by atoms with van der Waals surface area (Å²) in [7, 11) is 0. The van der Waals surface area contributed by atoms with E-state index in [9.17, 15) is 0 Å². The van der Waals surface area contributed by atoms with Crippen LogP contribution in [0.1, 0.15) is 46.1 Å². The number of aromatic nitrogens is 1. The predicted octanol–water partition coefficient (Wildman–Crippen LogP) is 4.40. The smallest absolute Gasteiger partial charge is 0.181 e. The molecule has 80 valence electrons. The van der Waals surface area contributed by atoms with E-state index in [1.54, 1.807) is 6.08 Å². The van der Waals surface area contributed by atoms with Gasteiger partial charge in [0.2, 0.25) is 0 Å². The minimum absolute atomic E-state index is 0.720. The molecule has 0 bridgehead atoms. The van der Waals surface area contributed by atoms with Crippen LogP contribution in [0.2, 0.25) is 0 Å². The van der Waals surface area contributed by atoms with Crippen molar-refractivity contribution >= 4 is 12.2 Å². The number of allylic oxidation sites excluding steroid dienone is 1. The highest BCUT2D eigenvalue weighted by molar-refractivity contribution is 5.56. The predicted molar refractivity (Wildman–Crippen MR) is 64.0 cm³/mol. The Morgan fingerprint density at radius 2 is 1.86 bits per heavy atom. The topological polar surface area (TPSA) is 26.0 Å². The van der Waals surface area contributed by atoms with E-state index < -0.39 is 0 Å². The largest absolute Gasteiger partial charge is 0.444 e. The van der Waals surface area contributed by atoms with Crippen LogP contribution in [0.4, 0.5) is 0 Å². The first kappa shape index (κ1) is 15.2. The Bertz CT molecular complexity index is 249. The van der Waals surface area contributed by atoms with Crippen LogP contribution in [0.15, 0.2) is 23.5 Å². The summed E-state index contributed by atoms with van der Waals surface area (Å²) in [5.41, 5.74) is 0.831. The van der Waals surface area contributed by atoms with E-state index in [0.717, 1.165) is 11.5 Å². The van der Waals surface area contributed by atoms with Crippen molar-refractivity contribution in [2.45, 2.75) is 34.6 Å². The molecule has 1 aromatic heterocycles. The average molecular weight is 195 g/mol. The van der Waals surface area contributed by atoms with Gasteiger partial charge in [0.1, 0.15) is 5.69 Å². The minimum atomic E-state index is 0.720. The van der Waals surface area contributed by atoms with Crippen molar-refractivity contribution in [3.05, 3.63) is 30.5 Å². The number of rotatable bonds is 2. The fourth-order valence-electron chi connectivity index (χ4n) is 0.700. The molecule has 1 rings (SSSR count). The number of hydrogen-bond acceptors (Lipinski definition) is 2. The van der Waals surface area contributed by atoms with Crippen molar-refractivity contribution in [3.63, 3.8) is 0 Å². The fourth-order valence-corrected chi connectivity index (χ4v) is 0.700. The molecule has 2 nitrogen and oxygen atoms in total. The molecule has 0 aromatic carbocycles. The molecule has 0 unspecified atom stereocenters. The first-order valence-corrected chi connectivity index (χ1v) is 5.07. The molecule has 0 amide bonds. The molecule has 0 atom stereocenters. The van der Waals surface area contributed by atoms with Crippen molar-refractivity contribution in [1.29, 1.82) is 0 Å². The third-order valence-corrected chi connectivity index (χ3v) is 1.13. The van der Waals surface area contributed by atoms with Gasteiger partial charge in [-0.1, -0.05) is 40.3 Å². The SMILES string of the molecule is C=Cc1ocnc1/C=C\C.CC.CC. The first-order chi connectivity index (χ1) is 6.88. The lowest BCUT2D eigenvalue weighted by atomic mass is 10.3. The average Bonchev–Trinajstić information content (AvgIpc) is 2.72. The molecule has 0 fully saturated rings. The van der Waals surface area contributed by atoms with Crippen LogP contribution < -0.4 is 0 Å². The summed E-state index contributed by atoms with van der Waals surface area (Å²) in [6.07, 6.45) is 6.83. The number of oxazole rings is 1. The molecule has 0 aliphatic heterocycles. The third-order valence-electron chi connectivity index (χ3n) is 1.13. The number of nitrogens with zero attached hydrogens (tertiary/aromatic N) is 1. The van der Waals surface area contributed by atoms with Gasteiger partial charge in [0.15, 0.2) is 12.2 Å². The van der Waals surface area contributed by atoms with Gasteiger partial charge in [-0.05, 0) is 19.1 Å². The highest BCUT2D eigenvalue weighted by Crippen LogP contribution is 2.08. The zero-order valence-corrected chi connectivity index (χ0v) is 9.87. The monoisotopic (exact) mass is 195 g/mol. The van der Waals surface area contributed by atoms with Crippen molar-refractivity contribution in [2.75, 3.05) is 0 Å². The molecule has 0 radical (unpaired) electrons. The quantitative estimate of drug-likeness (QED) is 0.699. The van der Waals surface area contributed by atoms with Crippen LogP contribution in [0.25, 0.3) is 12.2 Å². The second-order valence-corrected chi connectivity index (χ2v) is 1.81. The van der Waals surface area contributed by atoms with Gasteiger partial charge >= 0.3 is 0 Å². The third kappa shape index (κ3) is 5.36. The van der Waals surface area contributed by atoms with E-state index in [-0.39, 0.29) is 0 Å². The molecule has 0 saturated carbocycles. The summed E-state index contributed by atoms with van der Waals surface area (Å²) >= 11 is 0. The highest BCUT2D eigenvalue weighted by Gasteiger charge is 1.97. The van der Waals surface area contributed by atoms with Crippen molar-refractivity contribution in [2.24, 2.45) is 0 Å². The standard InChI is InChI=1S/C8H9NO.2C2H6/c1-3-5-7-8(4-2)10-6-9-7;2*1-2/h3-6H,2H2,1H3;2*1-2H3/b5-3-;;. The van der Waals surface area contributed by atoms with Crippen LogP contribution in [0.3, 0.4) is 0 Å². The summed E-state index contributed by atoms with van der Waals surface area (Å²) in [6, 6.07) is 0. The molecule has 1 aromatic rings. The van der Waals surface area contributed by atoms with Crippen LogP contribution in [-0.2, 0) is 0 Å². The number of hydrogen-bond donors (Lipinski definition) is 0. The van der Waals surface area contributed by atoms with Gasteiger partial charge in [0.05, 0.1) is 0 Å². The second-order valence-electron chi connectivity index (χ2n) is 1.81. The van der Waals surface area contributed by atoms with E-state index in [4.69, 9.17) is 4.42 Å². The van der Waals surface area contributed by atoms with E-state index >= 15 is 0 Å². The van der Waals surface area contributed by atoms with Gasteiger partial charge in [-0.3, -0.25) is 0 Å². The molecule has 0 N–H and O–H groups in total. The first-order valence-electron chi connectivity index (χ1n) is 5.07. The van der Waals surface area contributed by atoms with E-state index in [0.29, 0.717) is 0 Å². The Balaban J connectivity index is 0.